The average molecular weight is 725 g/mol. The fourth-order valence-corrected chi connectivity index (χ4v) is 3.55. The lowest BCUT2D eigenvalue weighted by Gasteiger charge is -2.19. The second-order valence-corrected chi connectivity index (χ2v) is 10.7. The Hall–Kier alpha value is -4.89. The van der Waals surface area contributed by atoms with Gasteiger partial charge in [0.1, 0.15) is 0 Å². The summed E-state index contributed by atoms with van der Waals surface area (Å²) in [5, 5.41) is 8.22. The average Bonchev–Trinajstić information content (AvgIpc) is 3.10. The predicted molar refractivity (Wildman–Crippen MR) is 196 cm³/mol. The van der Waals surface area contributed by atoms with Crippen LogP contribution < -0.4 is 26.4 Å². The number of H-pyrrole nitrogens is 1. The molecule has 3 aromatic rings. The number of aromatic amines is 1. The Kier molecular flexibility index (Phi) is 25.4. The first kappa shape index (κ1) is 48.2. The van der Waals surface area contributed by atoms with Gasteiger partial charge in [-0.2, -0.15) is 18.2 Å². The summed E-state index contributed by atoms with van der Waals surface area (Å²) in [6.45, 7) is 18.8. The summed E-state index contributed by atoms with van der Waals surface area (Å²) in [7, 11) is 1.87. The highest BCUT2D eigenvalue weighted by molar-refractivity contribution is 5.94. The van der Waals surface area contributed by atoms with Gasteiger partial charge in [-0.05, 0) is 43.5 Å². The molecule has 13 nitrogen and oxygen atoms in total. The molecule has 0 aliphatic heterocycles. The van der Waals surface area contributed by atoms with Crippen LogP contribution in [0, 0.1) is 5.92 Å². The number of anilines is 2. The highest BCUT2D eigenvalue weighted by Gasteiger charge is 2.25. The summed E-state index contributed by atoms with van der Waals surface area (Å²) in [6, 6.07) is 7.20. The third-order valence-electron chi connectivity index (χ3n) is 5.85. The van der Waals surface area contributed by atoms with Crippen LogP contribution in [0.5, 0.6) is 0 Å². The number of nitrogens with one attached hydrogen (secondary N) is 4. The second kappa shape index (κ2) is 26.9. The van der Waals surface area contributed by atoms with E-state index in [1.54, 1.807) is 26.0 Å². The number of hydrogen-bond donors (Lipinski definition) is 4. The van der Waals surface area contributed by atoms with Crippen molar-refractivity contribution < 1.29 is 32.3 Å². The quantitative estimate of drug-likeness (QED) is 0.125. The zero-order valence-electron chi connectivity index (χ0n) is 31.5. The number of carbonyl (C=O) groups is 4. The molecule has 0 atom stereocenters. The number of hydrogen-bond acceptors (Lipinski definition) is 9. The first-order valence-corrected chi connectivity index (χ1v) is 17.0. The number of rotatable bonds is 12. The highest BCUT2D eigenvalue weighted by Crippen LogP contribution is 2.17. The van der Waals surface area contributed by atoms with Gasteiger partial charge in [0.05, 0.1) is 18.4 Å². The van der Waals surface area contributed by atoms with Gasteiger partial charge in [-0.1, -0.05) is 61.8 Å². The topological polar surface area (TPSA) is 179 Å². The number of aromatic nitrogens is 4. The predicted octanol–water partition coefficient (Wildman–Crippen LogP) is 6.20. The smallest absolute Gasteiger partial charge is 0.369 e. The van der Waals surface area contributed by atoms with Crippen molar-refractivity contribution in [3.63, 3.8) is 0 Å². The van der Waals surface area contributed by atoms with Gasteiger partial charge in [0.15, 0.2) is 11.2 Å². The minimum Gasteiger partial charge on any atom is -0.369 e. The number of amides is 3. The summed E-state index contributed by atoms with van der Waals surface area (Å²) >= 11 is 0. The Morgan fingerprint density at radius 2 is 1.47 bits per heavy atom. The minimum absolute atomic E-state index is 0.0337. The van der Waals surface area contributed by atoms with Crippen molar-refractivity contribution >= 4 is 46.8 Å². The number of nitrogens with zero attached hydrogens (tertiary/aromatic N) is 4. The lowest BCUT2D eigenvalue weighted by Crippen LogP contribution is -2.25. The molecule has 51 heavy (non-hydrogen) atoms. The Labute approximate surface area is 298 Å². The van der Waals surface area contributed by atoms with Crippen LogP contribution in [-0.4, -0.2) is 70.3 Å². The molecule has 2 aromatic heterocycles. The summed E-state index contributed by atoms with van der Waals surface area (Å²) < 4.78 is 31.2. The first-order valence-electron chi connectivity index (χ1n) is 17.0. The molecule has 2 heterocycles. The van der Waals surface area contributed by atoms with Gasteiger partial charge in [0.25, 0.3) is 11.5 Å². The normalized spacial score (nSPS) is 10.0. The van der Waals surface area contributed by atoms with Crippen LogP contribution >= 0.6 is 0 Å². The molecular formula is C35H55F3N8O5. The molecule has 0 unspecified atom stereocenters. The van der Waals surface area contributed by atoms with Crippen molar-refractivity contribution in [2.24, 2.45) is 5.92 Å². The highest BCUT2D eigenvalue weighted by atomic mass is 19.4. The number of benzene rings is 1. The largest absolute Gasteiger partial charge is 0.446 e. The summed E-state index contributed by atoms with van der Waals surface area (Å²) in [5.41, 5.74) is 1.72. The van der Waals surface area contributed by atoms with Crippen LogP contribution in [0.25, 0.3) is 11.2 Å². The van der Waals surface area contributed by atoms with Gasteiger partial charge in [-0.15, -0.1) is 0 Å². The van der Waals surface area contributed by atoms with Crippen LogP contribution in [0.1, 0.15) is 104 Å². The fourth-order valence-electron chi connectivity index (χ4n) is 3.55. The molecule has 1 aromatic carbocycles. The van der Waals surface area contributed by atoms with Gasteiger partial charge in [0.2, 0.25) is 24.0 Å². The second-order valence-electron chi connectivity index (χ2n) is 10.7. The standard InChI is InChI=1S/C26H34N8O4.C3H8.C2HF3O.2C2H6/c1-16(2)23(36)32-26-31-22-21(25(38)33-26)30-19(14-29-22)15-34(4)20-10-8-18(9-11-20)24(37)28-13-7-5-6-12-27-17(3)35;1-3-2;3-2(4,5)1-6;2*1-2/h8-11,14,16H,5-7,12-13,15H2,1-4H3,(H,27,35)(H,28,37)(H2,29,31,32,33,36,38);3H2,1-2H3;1H;2*1-2H3. The lowest BCUT2D eigenvalue weighted by molar-refractivity contribution is -0.156. The van der Waals surface area contributed by atoms with Crippen molar-refractivity contribution in [3.8, 4) is 0 Å². The zero-order valence-corrected chi connectivity index (χ0v) is 31.5. The van der Waals surface area contributed by atoms with Gasteiger partial charge in [0, 0.05) is 44.2 Å². The number of carbonyl (C=O) groups excluding carboxylic acids is 4. The van der Waals surface area contributed by atoms with Crippen molar-refractivity contribution in [3.05, 3.63) is 52.1 Å². The maximum absolute atomic E-state index is 12.5. The van der Waals surface area contributed by atoms with E-state index >= 15 is 0 Å². The molecule has 286 valence electrons. The van der Waals surface area contributed by atoms with Crippen LogP contribution in [0.2, 0.25) is 0 Å². The number of halogens is 3. The Morgan fingerprint density at radius 3 is 1.96 bits per heavy atom. The van der Waals surface area contributed by atoms with E-state index in [1.165, 1.54) is 19.5 Å². The van der Waals surface area contributed by atoms with Crippen molar-refractivity contribution in [2.75, 3.05) is 30.4 Å². The van der Waals surface area contributed by atoms with Crippen molar-refractivity contribution in [2.45, 2.75) is 101 Å². The molecule has 3 rings (SSSR count). The number of fused-ring (bicyclic) bond motifs is 1. The summed E-state index contributed by atoms with van der Waals surface area (Å²) in [6.07, 6.45) is -0.282. The molecule has 0 saturated carbocycles. The molecule has 0 aliphatic rings. The van der Waals surface area contributed by atoms with E-state index in [9.17, 15) is 32.3 Å². The Balaban J connectivity index is 0. The van der Waals surface area contributed by atoms with E-state index in [0.717, 1.165) is 24.9 Å². The van der Waals surface area contributed by atoms with E-state index in [2.05, 4.69) is 49.7 Å². The van der Waals surface area contributed by atoms with Gasteiger partial charge in [-0.25, -0.2) is 9.97 Å². The molecule has 0 saturated heterocycles. The Bertz CT molecular complexity index is 1510. The maximum atomic E-state index is 12.5. The SMILES string of the molecule is CC.CC.CC(=O)NCCCCCNC(=O)c1ccc(N(C)Cc2cnc3nc(NC(=O)C(C)C)[nH]c(=O)c3n2)cc1.CCC.O=CC(F)(F)F. The van der Waals surface area contributed by atoms with E-state index < -0.39 is 18.0 Å². The number of aldehydes is 1. The first-order chi connectivity index (χ1) is 24.1. The van der Waals surface area contributed by atoms with Gasteiger partial charge >= 0.3 is 6.18 Å². The summed E-state index contributed by atoms with van der Waals surface area (Å²) in [4.78, 5) is 73.6. The summed E-state index contributed by atoms with van der Waals surface area (Å²) in [5.74, 6) is -0.670. The third kappa shape index (κ3) is 21.0. The van der Waals surface area contributed by atoms with Crippen molar-refractivity contribution in [1.29, 1.82) is 0 Å². The fraction of sp³-hybridized carbons (Fsp3) is 0.543. The monoisotopic (exact) mass is 724 g/mol. The molecule has 0 bridgehead atoms. The van der Waals surface area contributed by atoms with Gasteiger partial charge < -0.3 is 15.5 Å². The third-order valence-corrected chi connectivity index (χ3v) is 5.85. The van der Waals surface area contributed by atoms with Crippen LogP contribution in [0.4, 0.5) is 24.8 Å². The van der Waals surface area contributed by atoms with Crippen LogP contribution in [-0.2, 0) is 20.9 Å². The number of alkyl halides is 3. The Morgan fingerprint density at radius 1 is 0.941 bits per heavy atom. The van der Waals surface area contributed by atoms with Gasteiger partial charge in [-0.3, -0.25) is 34.3 Å². The zero-order chi connectivity index (χ0) is 39.6. The van der Waals surface area contributed by atoms with E-state index in [4.69, 9.17) is 4.79 Å². The molecular weight excluding hydrogens is 669 g/mol. The van der Waals surface area contributed by atoms with E-state index in [0.29, 0.717) is 30.9 Å². The number of unbranched alkanes of at least 4 members (excludes halogenated alkanes) is 2. The van der Waals surface area contributed by atoms with E-state index in [1.807, 2.05) is 51.8 Å². The minimum atomic E-state index is -4.64. The van der Waals surface area contributed by atoms with Crippen molar-refractivity contribution in [1.82, 2.24) is 30.6 Å². The van der Waals surface area contributed by atoms with Crippen LogP contribution in [0.15, 0.2) is 35.3 Å². The molecule has 3 amide bonds. The lowest BCUT2D eigenvalue weighted by atomic mass is 10.1. The molecule has 16 heteroatoms. The molecule has 0 spiro atoms. The molecule has 0 aliphatic carbocycles. The van der Waals surface area contributed by atoms with Crippen LogP contribution in [0.3, 0.4) is 0 Å². The maximum Gasteiger partial charge on any atom is 0.446 e. The molecule has 0 radical (unpaired) electrons. The molecule has 0 fully saturated rings. The molecule has 4 N–H and O–H groups in total. The van der Waals surface area contributed by atoms with E-state index in [-0.39, 0.29) is 40.8 Å².